The van der Waals surface area contributed by atoms with Crippen LogP contribution < -0.4 is 4.90 Å². The van der Waals surface area contributed by atoms with Crippen LogP contribution in [0.1, 0.15) is 162 Å². The van der Waals surface area contributed by atoms with E-state index in [1.807, 2.05) is 4.31 Å². The van der Waals surface area contributed by atoms with Crippen molar-refractivity contribution in [3.05, 3.63) is 69.8 Å². The topological polar surface area (TPSA) is 40.6 Å². The van der Waals surface area contributed by atoms with Crippen LogP contribution in [0.5, 0.6) is 0 Å². The number of fused-ring (bicyclic) bond motifs is 2. The Balaban J connectivity index is 1.77. The predicted octanol–water partition coefficient (Wildman–Crippen LogP) is 12.2. The fourth-order valence-corrected chi connectivity index (χ4v) is 9.26. The van der Waals surface area contributed by atoms with Crippen molar-refractivity contribution in [1.29, 1.82) is 0 Å². The van der Waals surface area contributed by atoms with E-state index in [2.05, 4.69) is 103 Å². The van der Waals surface area contributed by atoms with E-state index in [4.69, 9.17) is 0 Å². The Hall–Kier alpha value is -2.11. The Bertz CT molecular complexity index is 1370. The Morgan fingerprint density at radius 2 is 1.33 bits per heavy atom. The first-order valence-electron chi connectivity index (χ1n) is 20.0. The molecule has 5 heteroatoms. The molecule has 49 heavy (non-hydrogen) atoms. The zero-order valence-corrected chi connectivity index (χ0v) is 33.7. The number of unbranched alkanes of at least 4 members (excludes halogenated alkanes) is 14. The molecule has 0 bridgehead atoms. The third kappa shape index (κ3) is 12.9. The lowest BCUT2D eigenvalue weighted by Gasteiger charge is -2.38. The highest BCUT2D eigenvalue weighted by Gasteiger charge is 2.35. The summed E-state index contributed by atoms with van der Waals surface area (Å²) in [6, 6.07) is 6.76. The van der Waals surface area contributed by atoms with Gasteiger partial charge in [-0.25, -0.2) is 12.7 Å². The second-order valence-electron chi connectivity index (χ2n) is 15.9. The number of hydrogen-bond acceptors (Lipinski definition) is 3. The molecular weight excluding hydrogens is 621 g/mol. The zero-order valence-electron chi connectivity index (χ0n) is 32.9. The Kier molecular flexibility index (Phi) is 17.4. The van der Waals surface area contributed by atoms with Crippen LogP contribution in [-0.2, 0) is 15.4 Å². The van der Waals surface area contributed by atoms with Crippen LogP contribution in [0, 0.1) is 5.92 Å². The summed E-state index contributed by atoms with van der Waals surface area (Å²) in [5, 5.41) is 0. The van der Waals surface area contributed by atoms with Crippen molar-refractivity contribution in [2.75, 3.05) is 37.8 Å². The summed E-state index contributed by atoms with van der Waals surface area (Å²) in [5.41, 5.74) is 8.39. The fraction of sp³-hybridized carbons (Fsp3) is 0.682. The van der Waals surface area contributed by atoms with Crippen LogP contribution in [0.15, 0.2) is 58.7 Å². The van der Waals surface area contributed by atoms with E-state index in [0.29, 0.717) is 13.1 Å². The van der Waals surface area contributed by atoms with Crippen LogP contribution in [-0.4, -0.2) is 45.7 Å². The first kappa shape index (κ1) is 41.3. The molecule has 0 aromatic heterocycles. The van der Waals surface area contributed by atoms with Crippen molar-refractivity contribution < 1.29 is 8.42 Å². The minimum absolute atomic E-state index is 0.0909. The van der Waals surface area contributed by atoms with Crippen LogP contribution in [0.25, 0.3) is 6.08 Å². The number of sulfonamides is 1. The van der Waals surface area contributed by atoms with Crippen molar-refractivity contribution in [2.24, 2.45) is 5.92 Å². The molecule has 0 fully saturated rings. The third-order valence-corrected chi connectivity index (χ3v) is 12.4. The molecule has 0 N–H and O–H groups in total. The van der Waals surface area contributed by atoms with Gasteiger partial charge in [0.2, 0.25) is 10.0 Å². The van der Waals surface area contributed by atoms with E-state index in [1.54, 1.807) is 0 Å². The SMILES string of the molecule is CCCCCCCCCCN(CCCCCCCCCC)S(=O)(=O)CC(=CC(C)C)C1=CC2=Cc3ccc(N(C)C)cc3C(C)(C)C2=CC1. The lowest BCUT2D eigenvalue weighted by atomic mass is 9.67. The van der Waals surface area contributed by atoms with Gasteiger partial charge in [0, 0.05) is 38.3 Å². The average Bonchev–Trinajstić information content (AvgIpc) is 3.05. The van der Waals surface area contributed by atoms with E-state index in [9.17, 15) is 8.42 Å². The van der Waals surface area contributed by atoms with Gasteiger partial charge in [0.25, 0.3) is 0 Å². The quantitative estimate of drug-likeness (QED) is 0.101. The van der Waals surface area contributed by atoms with E-state index < -0.39 is 10.0 Å². The molecule has 1 aromatic rings. The van der Waals surface area contributed by atoms with Crippen LogP contribution in [0.4, 0.5) is 5.69 Å². The average molecular weight is 693 g/mol. The highest BCUT2D eigenvalue weighted by molar-refractivity contribution is 7.89. The van der Waals surface area contributed by atoms with E-state index >= 15 is 0 Å². The summed E-state index contributed by atoms with van der Waals surface area (Å²) in [6.45, 7) is 14.8. The minimum atomic E-state index is -3.46. The molecule has 3 rings (SSSR count). The number of nitrogens with zero attached hydrogens (tertiary/aromatic N) is 2. The lowest BCUT2D eigenvalue weighted by Crippen LogP contribution is -2.35. The highest BCUT2D eigenvalue weighted by atomic mass is 32.2. The number of rotatable bonds is 24. The van der Waals surface area contributed by atoms with Crippen molar-refractivity contribution in [3.63, 3.8) is 0 Å². The first-order chi connectivity index (χ1) is 23.4. The largest absolute Gasteiger partial charge is 0.378 e. The third-order valence-electron chi connectivity index (χ3n) is 10.6. The van der Waals surface area contributed by atoms with Gasteiger partial charge in [-0.2, -0.15) is 0 Å². The summed E-state index contributed by atoms with van der Waals surface area (Å²) in [7, 11) is 0.727. The lowest BCUT2D eigenvalue weighted by molar-refractivity contribution is 0.384. The first-order valence-corrected chi connectivity index (χ1v) is 21.7. The number of benzene rings is 1. The van der Waals surface area contributed by atoms with Crippen molar-refractivity contribution in [2.45, 2.75) is 156 Å². The molecule has 0 amide bonds. The zero-order chi connectivity index (χ0) is 35.9. The maximum atomic E-state index is 14.3. The van der Waals surface area contributed by atoms with Gasteiger partial charge in [-0.15, -0.1) is 0 Å². The van der Waals surface area contributed by atoms with Gasteiger partial charge < -0.3 is 4.90 Å². The molecule has 0 radical (unpaired) electrons. The monoisotopic (exact) mass is 693 g/mol. The molecule has 1 aromatic carbocycles. The maximum absolute atomic E-state index is 14.3. The van der Waals surface area contributed by atoms with Crippen LogP contribution in [0.2, 0.25) is 0 Å². The molecule has 0 aliphatic heterocycles. The van der Waals surface area contributed by atoms with Crippen LogP contribution in [0.3, 0.4) is 0 Å². The molecular formula is C44H72N2O2S. The summed E-state index contributed by atoms with van der Waals surface area (Å²) in [5.74, 6) is 0.362. The summed E-state index contributed by atoms with van der Waals surface area (Å²) < 4.78 is 30.5. The standard InChI is InChI=1S/C44H72N2O2S/c1-9-11-13-15-17-19-21-23-29-46(30-24-22-20-18-16-14-12-10-2)49(47,48)35-40(31-36(3)4)37-26-28-42-39(32-37)33-38-25-27-41(45(7)8)34-43(38)44(42,5)6/h25,27-28,31-34,36H,9-24,26,29-30,35H2,1-8H3. The molecule has 0 atom stereocenters. The summed E-state index contributed by atoms with van der Waals surface area (Å²) in [6.07, 6.45) is 29.5. The van der Waals surface area contributed by atoms with Gasteiger partial charge >= 0.3 is 0 Å². The molecule has 0 unspecified atom stereocenters. The Morgan fingerprint density at radius 3 is 1.84 bits per heavy atom. The molecule has 2 aliphatic rings. The van der Waals surface area contributed by atoms with E-state index in [-0.39, 0.29) is 17.1 Å². The number of hydrogen-bond donors (Lipinski definition) is 0. The molecule has 0 spiro atoms. The van der Waals surface area contributed by atoms with Gasteiger partial charge in [-0.3, -0.25) is 0 Å². The smallest absolute Gasteiger partial charge is 0.218 e. The molecule has 4 nitrogen and oxygen atoms in total. The Labute approximate surface area is 303 Å². The number of allylic oxidation sites excluding steroid dienone is 6. The summed E-state index contributed by atoms with van der Waals surface area (Å²) >= 11 is 0. The van der Waals surface area contributed by atoms with E-state index in [0.717, 1.165) is 43.3 Å². The van der Waals surface area contributed by atoms with Crippen molar-refractivity contribution >= 4 is 21.8 Å². The molecule has 0 saturated carbocycles. The second-order valence-corrected chi connectivity index (χ2v) is 17.9. The van der Waals surface area contributed by atoms with Gasteiger partial charge in [-0.05, 0) is 76.8 Å². The normalized spacial score (nSPS) is 16.0. The molecule has 2 aliphatic carbocycles. The summed E-state index contributed by atoms with van der Waals surface area (Å²) in [4.78, 5) is 2.17. The van der Waals surface area contributed by atoms with E-state index in [1.165, 1.54) is 105 Å². The van der Waals surface area contributed by atoms with Gasteiger partial charge in [0.15, 0.2) is 0 Å². The second kappa shape index (κ2) is 20.7. The Morgan fingerprint density at radius 1 is 0.796 bits per heavy atom. The number of anilines is 1. The molecule has 0 heterocycles. The van der Waals surface area contributed by atoms with Gasteiger partial charge in [0.1, 0.15) is 0 Å². The highest BCUT2D eigenvalue weighted by Crippen LogP contribution is 2.47. The van der Waals surface area contributed by atoms with Crippen LogP contribution >= 0.6 is 0 Å². The van der Waals surface area contributed by atoms with Crippen molar-refractivity contribution in [1.82, 2.24) is 4.31 Å². The van der Waals surface area contributed by atoms with Crippen molar-refractivity contribution in [3.8, 4) is 0 Å². The fourth-order valence-electron chi connectivity index (χ4n) is 7.59. The van der Waals surface area contributed by atoms with Gasteiger partial charge in [0.05, 0.1) is 5.75 Å². The molecule has 0 saturated heterocycles. The molecule has 276 valence electrons. The minimum Gasteiger partial charge on any atom is -0.378 e. The van der Waals surface area contributed by atoms with Gasteiger partial charge in [-0.1, -0.05) is 156 Å². The predicted molar refractivity (Wildman–Crippen MR) is 216 cm³/mol. The maximum Gasteiger partial charge on any atom is 0.218 e.